The lowest BCUT2D eigenvalue weighted by Gasteiger charge is -2.40. The summed E-state index contributed by atoms with van der Waals surface area (Å²) < 4.78 is 13.2. The second-order valence-electron chi connectivity index (χ2n) is 13.8. The molecule has 268 valence electrons. The summed E-state index contributed by atoms with van der Waals surface area (Å²) in [4.78, 5) is 53.5. The third-order valence-corrected chi connectivity index (χ3v) is 10.3. The molecule has 0 aliphatic carbocycles. The van der Waals surface area contributed by atoms with Crippen molar-refractivity contribution in [1.29, 1.82) is 0 Å². The van der Waals surface area contributed by atoms with Gasteiger partial charge in [-0.05, 0) is 73.7 Å². The Morgan fingerprint density at radius 3 is 2.35 bits per heavy atom. The summed E-state index contributed by atoms with van der Waals surface area (Å²) in [5, 5.41) is 16.4. The Kier molecular flexibility index (Phi) is 9.78. The molecule has 4 aromatic rings. The van der Waals surface area contributed by atoms with Crippen molar-refractivity contribution in [2.24, 2.45) is 7.05 Å². The van der Waals surface area contributed by atoms with Gasteiger partial charge in [0.05, 0.1) is 38.6 Å². The number of benzene rings is 2. The maximum atomic E-state index is 13.0. The lowest BCUT2D eigenvalue weighted by atomic mass is 9.89. The predicted molar refractivity (Wildman–Crippen MR) is 192 cm³/mol. The molecule has 2 aromatic carbocycles. The number of carbonyl (C=O) groups is 3. The van der Waals surface area contributed by atoms with E-state index in [4.69, 9.17) is 9.47 Å². The van der Waals surface area contributed by atoms with Crippen LogP contribution in [0.15, 0.2) is 53.6 Å². The van der Waals surface area contributed by atoms with Crippen LogP contribution >= 0.6 is 0 Å². The molecule has 14 heteroatoms. The average Bonchev–Trinajstić information content (AvgIpc) is 3.61. The van der Waals surface area contributed by atoms with E-state index in [1.807, 2.05) is 24.3 Å². The summed E-state index contributed by atoms with van der Waals surface area (Å²) in [7, 11) is 4.99. The van der Waals surface area contributed by atoms with Gasteiger partial charge in [0.1, 0.15) is 23.1 Å². The fourth-order valence-electron chi connectivity index (χ4n) is 7.48. The standard InChI is InChI=1S/C37H44N8O6/c1-43-19-28(27-16-38-42-35(27)37(43)49)24-14-31(50-2)29(32(15-24)51-3)20-45-17-26(18-45)40-34(47)21-44-12-10-23(11-13-44)22-4-6-25(7-5-22)39-30-8-9-33(46)41-36(30)48/h4-7,14-16,19,23,26,30,39H,8-13,17-18,20-21H2,1-3H3,(H,38,42)(H,40,47)(H,41,46,48). The number of anilines is 1. The minimum absolute atomic E-state index is 0.0457. The monoisotopic (exact) mass is 696 g/mol. The van der Waals surface area contributed by atoms with Crippen LogP contribution in [0.25, 0.3) is 22.0 Å². The summed E-state index contributed by atoms with van der Waals surface area (Å²) in [5.41, 5.74) is 5.04. The van der Waals surface area contributed by atoms with Crippen molar-refractivity contribution < 1.29 is 23.9 Å². The summed E-state index contributed by atoms with van der Waals surface area (Å²) in [6.07, 6.45) is 6.24. The number of hydrogen-bond acceptors (Lipinski definition) is 10. The second kappa shape index (κ2) is 14.6. The molecular weight excluding hydrogens is 652 g/mol. The molecule has 0 spiro atoms. The first-order valence-corrected chi connectivity index (χ1v) is 17.4. The van der Waals surface area contributed by atoms with Gasteiger partial charge in [-0.2, -0.15) is 5.10 Å². The smallest absolute Gasteiger partial charge is 0.276 e. The zero-order valence-corrected chi connectivity index (χ0v) is 29.2. The molecule has 4 N–H and O–H groups in total. The summed E-state index contributed by atoms with van der Waals surface area (Å²) in [6, 6.07) is 11.8. The van der Waals surface area contributed by atoms with E-state index in [9.17, 15) is 19.2 Å². The van der Waals surface area contributed by atoms with E-state index in [1.165, 1.54) is 10.1 Å². The van der Waals surface area contributed by atoms with Gasteiger partial charge in [0.2, 0.25) is 17.7 Å². The fourth-order valence-corrected chi connectivity index (χ4v) is 7.48. The van der Waals surface area contributed by atoms with Crippen LogP contribution in [0.5, 0.6) is 11.5 Å². The Labute approximate surface area is 295 Å². The number of fused-ring (bicyclic) bond motifs is 1. The second-order valence-corrected chi connectivity index (χ2v) is 13.8. The first-order valence-electron chi connectivity index (χ1n) is 17.4. The first kappa shape index (κ1) is 34.2. The highest BCUT2D eigenvalue weighted by Gasteiger charge is 2.31. The van der Waals surface area contributed by atoms with Gasteiger partial charge in [0.15, 0.2) is 0 Å². The van der Waals surface area contributed by atoms with Gasteiger partial charge in [-0.15, -0.1) is 0 Å². The normalized spacial score (nSPS) is 19.1. The van der Waals surface area contributed by atoms with Gasteiger partial charge in [0.25, 0.3) is 5.56 Å². The van der Waals surface area contributed by atoms with Crippen molar-refractivity contribution in [3.05, 3.63) is 70.3 Å². The Morgan fingerprint density at radius 2 is 1.69 bits per heavy atom. The van der Waals surface area contributed by atoms with Gasteiger partial charge in [-0.3, -0.25) is 39.4 Å². The van der Waals surface area contributed by atoms with Crippen LogP contribution in [0.3, 0.4) is 0 Å². The molecule has 7 rings (SSSR count). The van der Waals surface area contributed by atoms with E-state index in [-0.39, 0.29) is 29.3 Å². The fraction of sp³-hybridized carbons (Fsp3) is 0.432. The number of nitrogens with zero attached hydrogens (tertiary/aromatic N) is 4. The molecule has 0 bridgehead atoms. The highest BCUT2D eigenvalue weighted by atomic mass is 16.5. The number of H-pyrrole nitrogens is 1. The van der Waals surface area contributed by atoms with E-state index in [1.54, 1.807) is 33.7 Å². The number of likely N-dealkylation sites (tertiary alicyclic amines) is 2. The van der Waals surface area contributed by atoms with Crippen LogP contribution in [0.2, 0.25) is 0 Å². The largest absolute Gasteiger partial charge is 0.496 e. The molecule has 2 aromatic heterocycles. The van der Waals surface area contributed by atoms with Crippen molar-refractivity contribution in [2.45, 2.75) is 50.2 Å². The first-order chi connectivity index (χ1) is 24.7. The SMILES string of the molecule is COc1cc(-c2cn(C)c(=O)c3[nH]ncc23)cc(OC)c1CN1CC(NC(=O)CN2CCC(c3ccc(NC4CCC(=O)NC4=O)cc3)CC2)C1. The van der Waals surface area contributed by atoms with Crippen LogP contribution in [0.4, 0.5) is 5.69 Å². The lowest BCUT2D eigenvalue weighted by molar-refractivity contribution is -0.133. The molecule has 0 radical (unpaired) electrons. The van der Waals surface area contributed by atoms with Gasteiger partial charge < -0.3 is 24.7 Å². The lowest BCUT2D eigenvalue weighted by Crippen LogP contribution is -2.59. The van der Waals surface area contributed by atoms with E-state index in [0.29, 0.717) is 48.9 Å². The topological polar surface area (TPSA) is 163 Å². The van der Waals surface area contributed by atoms with Gasteiger partial charge in [-0.1, -0.05) is 12.1 Å². The molecule has 5 heterocycles. The number of aryl methyl sites for hydroxylation is 1. The zero-order valence-electron chi connectivity index (χ0n) is 29.2. The number of methoxy groups -OCH3 is 2. The van der Waals surface area contributed by atoms with Crippen LogP contribution in [-0.4, -0.2) is 101 Å². The molecule has 1 atom stereocenters. The Hall–Kier alpha value is -5.21. The molecule has 0 saturated carbocycles. The summed E-state index contributed by atoms with van der Waals surface area (Å²) in [5.74, 6) is 1.34. The number of rotatable bonds is 11. The average molecular weight is 697 g/mol. The molecule has 51 heavy (non-hydrogen) atoms. The number of amides is 3. The van der Waals surface area contributed by atoms with Crippen molar-refractivity contribution in [3.8, 4) is 22.6 Å². The molecular formula is C37H44N8O6. The third kappa shape index (κ3) is 7.33. The van der Waals surface area contributed by atoms with Crippen molar-refractivity contribution in [2.75, 3.05) is 52.3 Å². The number of pyridine rings is 1. The van der Waals surface area contributed by atoms with Crippen molar-refractivity contribution in [1.82, 2.24) is 35.2 Å². The molecule has 3 aliphatic rings. The number of aromatic amines is 1. The molecule has 3 amide bonds. The van der Waals surface area contributed by atoms with Crippen LogP contribution in [0.1, 0.15) is 42.7 Å². The van der Waals surface area contributed by atoms with Crippen molar-refractivity contribution >= 4 is 34.3 Å². The van der Waals surface area contributed by atoms with E-state index < -0.39 is 6.04 Å². The number of piperidine rings is 2. The Morgan fingerprint density at radius 1 is 0.980 bits per heavy atom. The Balaban J connectivity index is 0.877. The van der Waals surface area contributed by atoms with E-state index in [0.717, 1.165) is 66.8 Å². The minimum Gasteiger partial charge on any atom is -0.496 e. The number of nitrogens with one attached hydrogen (secondary N) is 4. The molecule has 3 fully saturated rings. The predicted octanol–water partition coefficient (Wildman–Crippen LogP) is 2.34. The third-order valence-electron chi connectivity index (χ3n) is 10.3. The number of imide groups is 1. The quantitative estimate of drug-likeness (QED) is 0.171. The zero-order chi connectivity index (χ0) is 35.6. The van der Waals surface area contributed by atoms with Gasteiger partial charge in [-0.25, -0.2) is 0 Å². The summed E-state index contributed by atoms with van der Waals surface area (Å²) in [6.45, 7) is 4.16. The Bertz CT molecular complexity index is 1970. The van der Waals surface area contributed by atoms with E-state index in [2.05, 4.69) is 48.1 Å². The molecule has 3 saturated heterocycles. The van der Waals surface area contributed by atoms with E-state index >= 15 is 0 Å². The van der Waals surface area contributed by atoms with Crippen LogP contribution in [-0.2, 0) is 28.0 Å². The minimum atomic E-state index is -0.397. The highest BCUT2D eigenvalue weighted by molar-refractivity contribution is 6.01. The summed E-state index contributed by atoms with van der Waals surface area (Å²) >= 11 is 0. The van der Waals surface area contributed by atoms with Gasteiger partial charge >= 0.3 is 0 Å². The molecule has 1 unspecified atom stereocenters. The van der Waals surface area contributed by atoms with Crippen LogP contribution < -0.4 is 31.0 Å². The number of aromatic nitrogens is 3. The number of hydrogen-bond donors (Lipinski definition) is 4. The number of ether oxygens (including phenoxy) is 2. The van der Waals surface area contributed by atoms with Gasteiger partial charge in [0, 0.05) is 55.9 Å². The van der Waals surface area contributed by atoms with Crippen molar-refractivity contribution in [3.63, 3.8) is 0 Å². The van der Waals surface area contributed by atoms with Crippen LogP contribution in [0, 0.1) is 0 Å². The molecule has 3 aliphatic heterocycles. The maximum Gasteiger partial charge on any atom is 0.276 e. The highest BCUT2D eigenvalue weighted by Crippen LogP contribution is 2.38. The number of carbonyl (C=O) groups excluding carboxylic acids is 3. The molecule has 14 nitrogen and oxygen atoms in total. The maximum absolute atomic E-state index is 13.0.